The molecule has 0 fully saturated rings. The van der Waals surface area contributed by atoms with Gasteiger partial charge in [-0.3, -0.25) is 10.1 Å². The van der Waals surface area contributed by atoms with Crippen molar-refractivity contribution in [1.82, 2.24) is 5.32 Å². The minimum atomic E-state index is -0.220. The van der Waals surface area contributed by atoms with Crippen LogP contribution in [0.4, 0.5) is 0 Å². The lowest BCUT2D eigenvalue weighted by Crippen LogP contribution is -2.49. The van der Waals surface area contributed by atoms with Crippen molar-refractivity contribution < 1.29 is 9.53 Å². The van der Waals surface area contributed by atoms with Crippen molar-refractivity contribution >= 4 is 17.5 Å². The number of Topliss-reactive ketones (excluding diaryl/α,β-unsaturated/α-hetero) is 1. The molecule has 2 aromatic rings. The summed E-state index contributed by atoms with van der Waals surface area (Å²) in [6, 6.07) is 16.8. The summed E-state index contributed by atoms with van der Waals surface area (Å²) in [4.78, 5) is 13.5. The lowest BCUT2D eigenvalue weighted by Gasteiger charge is -2.35. The van der Waals surface area contributed by atoms with Crippen molar-refractivity contribution in [2.75, 3.05) is 12.9 Å². The van der Waals surface area contributed by atoms with Crippen LogP contribution >= 0.6 is 11.8 Å². The summed E-state index contributed by atoms with van der Waals surface area (Å²) < 4.78 is 5.64. The molecule has 3 nitrogen and oxygen atoms in total. The van der Waals surface area contributed by atoms with Gasteiger partial charge in [-0.05, 0) is 23.6 Å². The summed E-state index contributed by atoms with van der Waals surface area (Å²) in [6.07, 6.45) is 2.05. The lowest BCUT2D eigenvalue weighted by molar-refractivity contribution is -0.120. The number of rotatable bonds is 6. The van der Waals surface area contributed by atoms with Crippen LogP contribution in [0.1, 0.15) is 50.3 Å². The van der Waals surface area contributed by atoms with Crippen LogP contribution in [0.3, 0.4) is 0 Å². The molecule has 0 saturated heterocycles. The Labute approximate surface area is 160 Å². The topological polar surface area (TPSA) is 38.3 Å². The Morgan fingerprint density at radius 1 is 1.19 bits per heavy atom. The lowest BCUT2D eigenvalue weighted by atomic mass is 9.87. The second kappa shape index (κ2) is 8.28. The summed E-state index contributed by atoms with van der Waals surface area (Å²) in [6.45, 7) is 4.12. The van der Waals surface area contributed by atoms with Gasteiger partial charge in [-0.2, -0.15) is 0 Å². The number of fused-ring (bicyclic) bond motifs is 1. The zero-order valence-electron chi connectivity index (χ0n) is 15.7. The number of nitrogens with one attached hydrogen (secondary N) is 1. The van der Waals surface area contributed by atoms with Gasteiger partial charge in [0.15, 0.2) is 0 Å². The van der Waals surface area contributed by atoms with Crippen LogP contribution in [0.5, 0.6) is 5.75 Å². The van der Waals surface area contributed by atoms with E-state index in [9.17, 15) is 4.79 Å². The molecule has 1 N–H and O–H groups in total. The maximum atomic E-state index is 12.3. The van der Waals surface area contributed by atoms with E-state index >= 15 is 0 Å². The fourth-order valence-corrected chi connectivity index (χ4v) is 5.01. The molecule has 0 saturated carbocycles. The van der Waals surface area contributed by atoms with Gasteiger partial charge in [-0.1, -0.05) is 56.3 Å². The quantitative estimate of drug-likeness (QED) is 0.778. The largest absolute Gasteiger partial charge is 0.496 e. The molecular formula is C22H27NO2S. The molecule has 2 aromatic carbocycles. The van der Waals surface area contributed by atoms with E-state index in [1.54, 1.807) is 18.9 Å². The Kier molecular flexibility index (Phi) is 6.05. The smallest absolute Gasteiger partial charge is 0.134 e. The number of methoxy groups -OCH3 is 1. The average molecular weight is 370 g/mol. The Morgan fingerprint density at radius 3 is 2.62 bits per heavy atom. The zero-order chi connectivity index (χ0) is 18.6. The fraction of sp³-hybridized carbons (Fsp3) is 0.409. The van der Waals surface area contributed by atoms with Crippen LogP contribution in [0, 0.1) is 0 Å². The monoisotopic (exact) mass is 369 g/mol. The predicted octanol–water partition coefficient (Wildman–Crippen LogP) is 5.00. The Balaban J connectivity index is 2.10. The average Bonchev–Trinajstić information content (AvgIpc) is 2.86. The first-order valence-corrected chi connectivity index (χ1v) is 10.2. The zero-order valence-corrected chi connectivity index (χ0v) is 16.6. The molecule has 0 radical (unpaired) electrons. The molecule has 3 rings (SSSR count). The first-order chi connectivity index (χ1) is 12.6. The Morgan fingerprint density at radius 2 is 1.96 bits per heavy atom. The number of hydrogen-bond acceptors (Lipinski definition) is 4. The summed E-state index contributed by atoms with van der Waals surface area (Å²) in [7, 11) is 1.72. The maximum absolute atomic E-state index is 12.3. The first kappa shape index (κ1) is 19.0. The van der Waals surface area contributed by atoms with Crippen molar-refractivity contribution in [2.24, 2.45) is 0 Å². The fourth-order valence-electron chi connectivity index (χ4n) is 3.55. The Bertz CT molecular complexity index is 762. The van der Waals surface area contributed by atoms with Crippen molar-refractivity contribution in [3.8, 4) is 5.75 Å². The van der Waals surface area contributed by atoms with Crippen LogP contribution in [0.2, 0.25) is 0 Å². The normalized spacial score (nSPS) is 22.3. The highest BCUT2D eigenvalue weighted by atomic mass is 32.2. The van der Waals surface area contributed by atoms with E-state index < -0.39 is 0 Å². The number of ketones is 1. The van der Waals surface area contributed by atoms with Gasteiger partial charge in [-0.15, -0.1) is 11.8 Å². The number of benzene rings is 2. The van der Waals surface area contributed by atoms with Crippen molar-refractivity contribution in [3.05, 3.63) is 59.7 Å². The van der Waals surface area contributed by atoms with Gasteiger partial charge in [-0.25, -0.2) is 0 Å². The summed E-state index contributed by atoms with van der Waals surface area (Å²) in [5.41, 5.74) is 2.22. The molecule has 2 atom stereocenters. The number of hydrogen-bond donors (Lipinski definition) is 1. The molecule has 26 heavy (non-hydrogen) atoms. The molecule has 0 aromatic heterocycles. The summed E-state index contributed by atoms with van der Waals surface area (Å²) in [5.74, 6) is 2.07. The highest BCUT2D eigenvalue weighted by Gasteiger charge is 2.38. The van der Waals surface area contributed by atoms with Crippen LogP contribution in [0.25, 0.3) is 0 Å². The van der Waals surface area contributed by atoms with Crippen molar-refractivity contribution in [2.45, 2.75) is 49.6 Å². The highest BCUT2D eigenvalue weighted by molar-refractivity contribution is 7.99. The molecule has 1 heterocycles. The van der Waals surface area contributed by atoms with E-state index in [0.717, 1.165) is 17.9 Å². The molecule has 1 aliphatic rings. The molecule has 0 unspecified atom stereocenters. The minimum Gasteiger partial charge on any atom is -0.496 e. The molecule has 1 aliphatic heterocycles. The van der Waals surface area contributed by atoms with E-state index in [-0.39, 0.29) is 11.6 Å². The number of carbonyl (C=O) groups is 1. The maximum Gasteiger partial charge on any atom is 0.134 e. The van der Waals surface area contributed by atoms with Gasteiger partial charge in [0.2, 0.25) is 0 Å². The third kappa shape index (κ3) is 3.81. The van der Waals surface area contributed by atoms with Crippen molar-refractivity contribution in [1.29, 1.82) is 0 Å². The Hall–Kier alpha value is -1.78. The minimum absolute atomic E-state index is 0.0425. The standard InChI is InChI=1S/C22H27NO2S/c1-4-17(24)14-22(5-2)15-26-21-18(12-9-13-19(21)25-3)20(23-22)16-10-7-6-8-11-16/h6-13,20,23H,4-5,14-15H2,1-3H3/t20-,22-/m0/s1. The van der Waals surface area contributed by atoms with Gasteiger partial charge < -0.3 is 4.74 Å². The number of thioether (sulfide) groups is 1. The molecular weight excluding hydrogens is 342 g/mol. The molecule has 0 spiro atoms. The molecule has 0 amide bonds. The molecule has 0 bridgehead atoms. The molecule has 0 aliphatic carbocycles. The summed E-state index contributed by atoms with van der Waals surface area (Å²) in [5, 5.41) is 3.87. The second-order valence-corrected chi connectivity index (χ2v) is 7.84. The van der Waals surface area contributed by atoms with E-state index in [4.69, 9.17) is 4.74 Å². The van der Waals surface area contributed by atoms with Crippen LogP contribution in [-0.4, -0.2) is 24.2 Å². The molecule has 4 heteroatoms. The van der Waals surface area contributed by atoms with Gasteiger partial charge >= 0.3 is 0 Å². The second-order valence-electron chi connectivity index (χ2n) is 6.86. The molecule has 138 valence electrons. The summed E-state index contributed by atoms with van der Waals surface area (Å²) >= 11 is 1.80. The number of ether oxygens (including phenoxy) is 1. The van der Waals surface area contributed by atoms with Crippen LogP contribution in [0.15, 0.2) is 53.4 Å². The van der Waals surface area contributed by atoms with Crippen molar-refractivity contribution in [3.63, 3.8) is 0 Å². The SMILES string of the molecule is CCC(=O)C[C@@]1(CC)CSc2c(OC)cccc2[C@H](c2ccccc2)N1. The van der Waals surface area contributed by atoms with Gasteiger partial charge in [0, 0.05) is 24.1 Å². The van der Waals surface area contributed by atoms with E-state index in [1.807, 2.05) is 25.1 Å². The van der Waals surface area contributed by atoms with Gasteiger partial charge in [0.25, 0.3) is 0 Å². The van der Waals surface area contributed by atoms with Gasteiger partial charge in [0.1, 0.15) is 11.5 Å². The first-order valence-electron chi connectivity index (χ1n) is 9.26. The van der Waals surface area contributed by atoms with E-state index in [1.165, 1.54) is 16.0 Å². The third-order valence-electron chi connectivity index (χ3n) is 5.22. The van der Waals surface area contributed by atoms with Crippen LogP contribution in [-0.2, 0) is 4.79 Å². The van der Waals surface area contributed by atoms with E-state index in [0.29, 0.717) is 18.6 Å². The number of carbonyl (C=O) groups excluding carboxylic acids is 1. The third-order valence-corrected chi connectivity index (χ3v) is 6.65. The van der Waals surface area contributed by atoms with Gasteiger partial charge in [0.05, 0.1) is 18.0 Å². The highest BCUT2D eigenvalue weighted by Crippen LogP contribution is 2.44. The van der Waals surface area contributed by atoms with E-state index in [2.05, 4.69) is 42.6 Å². The predicted molar refractivity (Wildman–Crippen MR) is 108 cm³/mol. The van der Waals surface area contributed by atoms with Crippen LogP contribution < -0.4 is 10.1 Å².